The molecule has 200 valence electrons. The van der Waals surface area contributed by atoms with Gasteiger partial charge in [0.25, 0.3) is 10.0 Å². The Kier molecular flexibility index (Phi) is 8.39. The number of fused-ring (bicyclic) bond motifs is 1. The maximum atomic E-state index is 13.4. The van der Waals surface area contributed by atoms with Gasteiger partial charge in [0.15, 0.2) is 9.34 Å². The highest BCUT2D eigenvalue weighted by molar-refractivity contribution is 7.91. The summed E-state index contributed by atoms with van der Waals surface area (Å²) in [6.45, 7) is 7.94. The summed E-state index contributed by atoms with van der Waals surface area (Å²) in [6, 6.07) is 12.3. The number of thiazole rings is 1. The van der Waals surface area contributed by atoms with Crippen molar-refractivity contribution >= 4 is 32.4 Å². The summed E-state index contributed by atoms with van der Waals surface area (Å²) in [6.07, 6.45) is 5.39. The van der Waals surface area contributed by atoms with E-state index in [4.69, 9.17) is 0 Å². The zero-order valence-corrected chi connectivity index (χ0v) is 23.3. The monoisotopic (exact) mass is 555 g/mol. The molecule has 8 nitrogen and oxygen atoms in total. The molecule has 5 rings (SSSR count). The summed E-state index contributed by atoms with van der Waals surface area (Å²) in [7, 11) is -3.76. The van der Waals surface area contributed by atoms with Crippen LogP contribution in [0.5, 0.6) is 0 Å². The quantitative estimate of drug-likeness (QED) is 0.340. The van der Waals surface area contributed by atoms with Gasteiger partial charge in [-0.3, -0.25) is 4.79 Å². The van der Waals surface area contributed by atoms with Crippen LogP contribution in [0.25, 0.3) is 11.3 Å². The number of nitrogens with zero attached hydrogens (tertiary/aromatic N) is 4. The molecule has 0 bridgehead atoms. The Morgan fingerprint density at radius 2 is 1.87 bits per heavy atom. The van der Waals surface area contributed by atoms with Crippen molar-refractivity contribution in [3.05, 3.63) is 83.7 Å². The van der Waals surface area contributed by atoms with Crippen molar-refractivity contribution in [3.8, 4) is 11.3 Å². The number of anilines is 1. The summed E-state index contributed by atoms with van der Waals surface area (Å²) in [4.78, 5) is 19.7. The Hall–Kier alpha value is -3.41. The van der Waals surface area contributed by atoms with E-state index >= 15 is 0 Å². The molecule has 0 spiro atoms. The number of sulfonamides is 1. The van der Waals surface area contributed by atoms with Gasteiger partial charge in [-0.1, -0.05) is 55.5 Å². The van der Waals surface area contributed by atoms with Crippen LogP contribution in [0.4, 0.5) is 9.52 Å². The predicted octanol–water partition coefficient (Wildman–Crippen LogP) is 5.49. The largest absolute Gasteiger partial charge is 0.323 e. The molecule has 4 aromatic rings. The summed E-state index contributed by atoms with van der Waals surface area (Å²) in [5.74, 6) is -0.584. The molecule has 1 amide bonds. The Morgan fingerprint density at radius 3 is 2.58 bits per heavy atom. The molecular formula is C27H30FN5O3S2. The fourth-order valence-electron chi connectivity index (χ4n) is 4.47. The number of halogens is 1. The van der Waals surface area contributed by atoms with E-state index in [1.807, 2.05) is 43.5 Å². The molecular weight excluding hydrogens is 525 g/mol. The standard InChI is InChI=1S/C25H24FN5O3S2.C2H6/c1-16(18-6-8-20(26)9-7-18)31-15-27-12-23(31)22-5-3-4-19-14-30(11-10-21(19)22)36(33,34)24-13-28-25(35-24)29-17(2)32;1-2/h3-9,12-13,15-16H,10-11,14H2,1-2H3,(H,28,29,32);1-2H3. The van der Waals surface area contributed by atoms with E-state index in [2.05, 4.69) is 15.3 Å². The van der Waals surface area contributed by atoms with Crippen LogP contribution >= 0.6 is 11.3 Å². The summed E-state index contributed by atoms with van der Waals surface area (Å²) < 4.78 is 43.6. The van der Waals surface area contributed by atoms with E-state index in [0.717, 1.165) is 39.3 Å². The Morgan fingerprint density at radius 1 is 1.13 bits per heavy atom. The minimum Gasteiger partial charge on any atom is -0.323 e. The van der Waals surface area contributed by atoms with Crippen molar-refractivity contribution < 1.29 is 17.6 Å². The molecule has 3 heterocycles. The van der Waals surface area contributed by atoms with Gasteiger partial charge < -0.3 is 9.88 Å². The average molecular weight is 556 g/mol. The SMILES string of the molecule is CC.CC(=O)Nc1ncc(S(=O)(=O)N2CCc3c(cccc3-c3cncn3C(C)c3ccc(F)cc3)C2)s1. The first-order chi connectivity index (χ1) is 18.2. The van der Waals surface area contributed by atoms with Crippen LogP contribution in [-0.4, -0.2) is 39.7 Å². The van der Waals surface area contributed by atoms with Crippen molar-refractivity contribution in [2.45, 2.75) is 50.9 Å². The van der Waals surface area contributed by atoms with Gasteiger partial charge in [-0.15, -0.1) is 0 Å². The maximum Gasteiger partial charge on any atom is 0.254 e. The average Bonchev–Trinajstić information content (AvgIpc) is 3.59. The third-order valence-corrected chi connectivity index (χ3v) is 9.50. The van der Waals surface area contributed by atoms with Gasteiger partial charge in [-0.25, -0.2) is 22.8 Å². The molecule has 0 fully saturated rings. The second-order valence-electron chi connectivity index (χ2n) is 8.61. The van der Waals surface area contributed by atoms with E-state index in [-0.39, 0.29) is 33.7 Å². The number of nitrogens with one attached hydrogen (secondary N) is 1. The summed E-state index contributed by atoms with van der Waals surface area (Å²) in [5, 5.41) is 2.78. The fraction of sp³-hybridized carbons (Fsp3) is 0.296. The topological polar surface area (TPSA) is 97.2 Å². The van der Waals surface area contributed by atoms with Crippen LogP contribution in [0.15, 0.2) is 65.4 Å². The van der Waals surface area contributed by atoms with E-state index in [0.29, 0.717) is 13.0 Å². The molecule has 1 aliphatic rings. The lowest BCUT2D eigenvalue weighted by molar-refractivity contribution is -0.114. The number of hydrogen-bond acceptors (Lipinski definition) is 6. The lowest BCUT2D eigenvalue weighted by Crippen LogP contribution is -2.35. The Balaban J connectivity index is 0.00000164. The number of rotatable bonds is 6. The molecule has 0 radical (unpaired) electrons. The summed E-state index contributed by atoms with van der Waals surface area (Å²) >= 11 is 0.940. The summed E-state index contributed by atoms with van der Waals surface area (Å²) in [5.41, 5.74) is 4.89. The zero-order valence-electron chi connectivity index (χ0n) is 21.7. The molecule has 2 aromatic heterocycles. The van der Waals surface area contributed by atoms with Crippen LogP contribution < -0.4 is 5.32 Å². The van der Waals surface area contributed by atoms with E-state index in [1.54, 1.807) is 24.7 Å². The Labute approximate surface area is 226 Å². The smallest absolute Gasteiger partial charge is 0.254 e. The van der Waals surface area contributed by atoms with Crippen LogP contribution in [-0.2, 0) is 27.8 Å². The number of aromatic nitrogens is 3. The van der Waals surface area contributed by atoms with Crippen LogP contribution in [0, 0.1) is 5.82 Å². The van der Waals surface area contributed by atoms with Gasteiger partial charge in [0.05, 0.1) is 30.5 Å². The molecule has 1 aliphatic heterocycles. The zero-order chi connectivity index (χ0) is 27.4. The van der Waals surface area contributed by atoms with E-state index < -0.39 is 10.0 Å². The number of benzene rings is 2. The third kappa shape index (κ3) is 5.54. The van der Waals surface area contributed by atoms with Crippen LogP contribution in [0.2, 0.25) is 0 Å². The van der Waals surface area contributed by atoms with Gasteiger partial charge in [0.1, 0.15) is 5.82 Å². The molecule has 0 saturated carbocycles. The van der Waals surface area contributed by atoms with Gasteiger partial charge in [-0.05, 0) is 42.2 Å². The molecule has 1 unspecified atom stereocenters. The van der Waals surface area contributed by atoms with Crippen LogP contribution in [0.3, 0.4) is 0 Å². The number of carbonyl (C=O) groups excluding carboxylic acids is 1. The first-order valence-electron chi connectivity index (χ1n) is 12.4. The lowest BCUT2D eigenvalue weighted by atomic mass is 9.93. The van der Waals surface area contributed by atoms with E-state index in [9.17, 15) is 17.6 Å². The molecule has 11 heteroatoms. The highest BCUT2D eigenvalue weighted by Crippen LogP contribution is 2.35. The minimum absolute atomic E-state index is 0.0661. The normalized spacial score (nSPS) is 14.2. The maximum absolute atomic E-state index is 13.4. The molecule has 0 aliphatic carbocycles. The number of amides is 1. The second kappa shape index (κ2) is 11.5. The fourth-order valence-corrected chi connectivity index (χ4v) is 7.12. The number of carbonyl (C=O) groups is 1. The van der Waals surface area contributed by atoms with Crippen molar-refractivity contribution in [3.63, 3.8) is 0 Å². The predicted molar refractivity (Wildman–Crippen MR) is 147 cm³/mol. The van der Waals surface area contributed by atoms with Crippen molar-refractivity contribution in [1.29, 1.82) is 0 Å². The number of hydrogen-bond donors (Lipinski definition) is 1. The minimum atomic E-state index is -3.76. The van der Waals surface area contributed by atoms with Crippen molar-refractivity contribution in [2.24, 2.45) is 0 Å². The van der Waals surface area contributed by atoms with Gasteiger partial charge in [0.2, 0.25) is 5.91 Å². The second-order valence-corrected chi connectivity index (χ2v) is 11.8. The lowest BCUT2D eigenvalue weighted by Gasteiger charge is -2.29. The molecule has 1 atom stereocenters. The van der Waals surface area contributed by atoms with Gasteiger partial charge >= 0.3 is 0 Å². The molecule has 1 N–H and O–H groups in total. The Bertz CT molecular complexity index is 1530. The highest BCUT2D eigenvalue weighted by Gasteiger charge is 2.31. The van der Waals surface area contributed by atoms with Gasteiger partial charge in [-0.2, -0.15) is 4.31 Å². The third-order valence-electron chi connectivity index (χ3n) is 6.30. The van der Waals surface area contributed by atoms with Crippen LogP contribution in [0.1, 0.15) is 50.4 Å². The highest BCUT2D eigenvalue weighted by atomic mass is 32.2. The molecule has 38 heavy (non-hydrogen) atoms. The van der Waals surface area contributed by atoms with Gasteiger partial charge in [0, 0.05) is 25.6 Å². The molecule has 0 saturated heterocycles. The van der Waals surface area contributed by atoms with Crippen molar-refractivity contribution in [1.82, 2.24) is 18.8 Å². The van der Waals surface area contributed by atoms with Crippen molar-refractivity contribution in [2.75, 3.05) is 11.9 Å². The first kappa shape index (κ1) is 27.6. The van der Waals surface area contributed by atoms with E-state index in [1.165, 1.54) is 29.6 Å². The number of imidazole rings is 1. The first-order valence-corrected chi connectivity index (χ1v) is 14.6. The molecule has 2 aromatic carbocycles.